The largest absolute Gasteiger partial charge is 0.494 e. The van der Waals surface area contributed by atoms with Crippen molar-refractivity contribution in [1.29, 1.82) is 0 Å². The van der Waals surface area contributed by atoms with E-state index in [2.05, 4.69) is 5.32 Å². The maximum Gasteiger partial charge on any atom is 0.307 e. The third kappa shape index (κ3) is 3.29. The van der Waals surface area contributed by atoms with Gasteiger partial charge in [0, 0.05) is 5.69 Å². The lowest BCUT2D eigenvalue weighted by molar-refractivity contribution is -0.139. The van der Waals surface area contributed by atoms with Crippen LogP contribution in [0.4, 0.5) is 5.69 Å². The van der Waals surface area contributed by atoms with Crippen LogP contribution in [0.3, 0.4) is 0 Å². The van der Waals surface area contributed by atoms with Crippen molar-refractivity contribution in [1.82, 2.24) is 0 Å². The van der Waals surface area contributed by atoms with Crippen molar-refractivity contribution < 1.29 is 19.4 Å². The predicted octanol–water partition coefficient (Wildman–Crippen LogP) is 2.44. The third-order valence-corrected chi connectivity index (χ3v) is 3.37. The first-order valence-electron chi connectivity index (χ1n) is 6.80. The second-order valence-electron chi connectivity index (χ2n) is 5.10. The summed E-state index contributed by atoms with van der Waals surface area (Å²) in [5, 5.41) is 11.6. The normalized spacial score (nSPS) is 20.3. The number of rotatable bonds is 6. The van der Waals surface area contributed by atoms with Crippen molar-refractivity contribution in [3.05, 3.63) is 23.8 Å². The molecule has 0 saturated heterocycles. The molecule has 1 aromatic rings. The fraction of sp³-hybridized carbons (Fsp3) is 0.467. The summed E-state index contributed by atoms with van der Waals surface area (Å²) in [6, 6.07) is 5.46. The average molecular weight is 277 g/mol. The number of amides is 1. The first-order chi connectivity index (χ1) is 9.52. The molecule has 1 aromatic carbocycles. The van der Waals surface area contributed by atoms with E-state index in [4.69, 9.17) is 9.84 Å². The number of ether oxygens (including phenoxy) is 1. The Kier molecular flexibility index (Phi) is 4.27. The molecular formula is C15H19NO4. The van der Waals surface area contributed by atoms with Gasteiger partial charge >= 0.3 is 5.97 Å². The van der Waals surface area contributed by atoms with Gasteiger partial charge in [-0.1, -0.05) is 6.92 Å². The molecule has 108 valence electrons. The number of carboxylic acid groups (broad SMARTS) is 1. The van der Waals surface area contributed by atoms with Crippen LogP contribution in [0, 0.1) is 18.8 Å². The molecule has 0 radical (unpaired) electrons. The molecule has 0 aliphatic heterocycles. The fourth-order valence-electron chi connectivity index (χ4n) is 2.07. The quantitative estimate of drug-likeness (QED) is 0.837. The summed E-state index contributed by atoms with van der Waals surface area (Å²) in [6.07, 6.45) is 1.37. The molecule has 1 aliphatic rings. The summed E-state index contributed by atoms with van der Waals surface area (Å²) >= 11 is 0. The van der Waals surface area contributed by atoms with Gasteiger partial charge in [-0.15, -0.1) is 0 Å². The van der Waals surface area contributed by atoms with Crippen LogP contribution in [-0.4, -0.2) is 23.6 Å². The molecule has 5 heteroatoms. The van der Waals surface area contributed by atoms with Crippen molar-refractivity contribution in [2.75, 3.05) is 11.9 Å². The Hall–Kier alpha value is -2.04. The zero-order chi connectivity index (χ0) is 14.7. The molecular weight excluding hydrogens is 258 g/mol. The van der Waals surface area contributed by atoms with Gasteiger partial charge in [-0.2, -0.15) is 0 Å². The molecule has 1 fully saturated rings. The monoisotopic (exact) mass is 277 g/mol. The second-order valence-corrected chi connectivity index (χ2v) is 5.10. The predicted molar refractivity (Wildman–Crippen MR) is 74.8 cm³/mol. The molecule has 1 aliphatic carbocycles. The van der Waals surface area contributed by atoms with E-state index in [9.17, 15) is 9.59 Å². The van der Waals surface area contributed by atoms with Crippen LogP contribution >= 0.6 is 0 Å². The Balaban J connectivity index is 1.96. The van der Waals surface area contributed by atoms with Crippen LogP contribution in [0.25, 0.3) is 0 Å². The highest BCUT2D eigenvalue weighted by molar-refractivity contribution is 5.98. The SMILES string of the molecule is CCCOc1ccc(NC(=O)C2CC2C(=O)O)c(C)c1. The van der Waals surface area contributed by atoms with Crippen LogP contribution in [0.15, 0.2) is 18.2 Å². The number of hydrogen-bond donors (Lipinski definition) is 2. The van der Waals surface area contributed by atoms with Crippen molar-refractivity contribution in [3.8, 4) is 5.75 Å². The number of aryl methyl sites for hydroxylation is 1. The van der Waals surface area contributed by atoms with E-state index >= 15 is 0 Å². The first kappa shape index (κ1) is 14.4. The summed E-state index contributed by atoms with van der Waals surface area (Å²) in [7, 11) is 0. The first-order valence-corrected chi connectivity index (χ1v) is 6.80. The molecule has 2 atom stereocenters. The number of nitrogens with one attached hydrogen (secondary N) is 1. The molecule has 5 nitrogen and oxygen atoms in total. The van der Waals surface area contributed by atoms with E-state index in [1.165, 1.54) is 0 Å². The number of carboxylic acids is 1. The Morgan fingerprint density at radius 1 is 1.40 bits per heavy atom. The van der Waals surface area contributed by atoms with Crippen LogP contribution in [0.5, 0.6) is 5.75 Å². The minimum atomic E-state index is -0.898. The zero-order valence-electron chi connectivity index (χ0n) is 11.7. The van der Waals surface area contributed by atoms with Crippen LogP contribution < -0.4 is 10.1 Å². The van der Waals surface area contributed by atoms with Crippen molar-refractivity contribution in [2.24, 2.45) is 11.8 Å². The molecule has 0 heterocycles. The van der Waals surface area contributed by atoms with E-state index in [1.54, 1.807) is 12.1 Å². The summed E-state index contributed by atoms with van der Waals surface area (Å²) in [5.41, 5.74) is 1.61. The van der Waals surface area contributed by atoms with Gasteiger partial charge in [0.2, 0.25) is 5.91 Å². The molecule has 1 amide bonds. The maximum atomic E-state index is 11.9. The van der Waals surface area contributed by atoms with E-state index in [0.29, 0.717) is 18.7 Å². The number of anilines is 1. The average Bonchev–Trinajstić information content (AvgIpc) is 3.19. The van der Waals surface area contributed by atoms with Crippen LogP contribution in [-0.2, 0) is 9.59 Å². The number of carbonyl (C=O) groups excluding carboxylic acids is 1. The minimum Gasteiger partial charge on any atom is -0.494 e. The molecule has 2 rings (SSSR count). The minimum absolute atomic E-state index is 0.220. The van der Waals surface area contributed by atoms with E-state index in [-0.39, 0.29) is 5.91 Å². The smallest absolute Gasteiger partial charge is 0.307 e. The van der Waals surface area contributed by atoms with Crippen LogP contribution in [0.1, 0.15) is 25.3 Å². The number of hydrogen-bond acceptors (Lipinski definition) is 3. The molecule has 2 N–H and O–H groups in total. The zero-order valence-corrected chi connectivity index (χ0v) is 11.7. The number of benzene rings is 1. The number of aliphatic carboxylic acids is 1. The summed E-state index contributed by atoms with van der Waals surface area (Å²) in [5.74, 6) is -1.27. The highest BCUT2D eigenvalue weighted by Gasteiger charge is 2.48. The lowest BCUT2D eigenvalue weighted by atomic mass is 10.2. The van der Waals surface area contributed by atoms with Gasteiger partial charge < -0.3 is 15.2 Å². The lowest BCUT2D eigenvalue weighted by Gasteiger charge is -2.11. The van der Waals surface area contributed by atoms with Gasteiger partial charge in [0.25, 0.3) is 0 Å². The molecule has 0 spiro atoms. The highest BCUT2D eigenvalue weighted by atomic mass is 16.5. The Bertz CT molecular complexity index is 527. The standard InChI is InChI=1S/C15H19NO4/c1-3-6-20-10-4-5-13(9(2)7-10)16-14(17)11-8-12(11)15(18)19/h4-5,7,11-12H,3,6,8H2,1-2H3,(H,16,17)(H,18,19). The summed E-state index contributed by atoms with van der Waals surface area (Å²) in [6.45, 7) is 4.58. The van der Waals surface area contributed by atoms with Gasteiger partial charge in [0.15, 0.2) is 0 Å². The lowest BCUT2D eigenvalue weighted by Crippen LogP contribution is -2.17. The molecule has 1 saturated carbocycles. The fourth-order valence-corrected chi connectivity index (χ4v) is 2.07. The summed E-state index contributed by atoms with van der Waals surface area (Å²) in [4.78, 5) is 22.6. The van der Waals surface area contributed by atoms with Crippen molar-refractivity contribution in [2.45, 2.75) is 26.7 Å². The Labute approximate surface area is 117 Å². The van der Waals surface area contributed by atoms with Gasteiger partial charge in [-0.25, -0.2) is 0 Å². The van der Waals surface area contributed by atoms with E-state index in [0.717, 1.165) is 17.7 Å². The number of carbonyl (C=O) groups is 2. The molecule has 0 bridgehead atoms. The molecule has 0 aromatic heterocycles. The van der Waals surface area contributed by atoms with Gasteiger partial charge in [-0.3, -0.25) is 9.59 Å². The van der Waals surface area contributed by atoms with Crippen LogP contribution in [0.2, 0.25) is 0 Å². The van der Waals surface area contributed by atoms with E-state index in [1.807, 2.05) is 19.9 Å². The maximum absolute atomic E-state index is 11.9. The highest BCUT2D eigenvalue weighted by Crippen LogP contribution is 2.39. The Morgan fingerprint density at radius 3 is 2.70 bits per heavy atom. The molecule has 20 heavy (non-hydrogen) atoms. The summed E-state index contributed by atoms with van der Waals surface area (Å²) < 4.78 is 5.51. The topological polar surface area (TPSA) is 75.6 Å². The third-order valence-electron chi connectivity index (χ3n) is 3.37. The molecule has 2 unspecified atom stereocenters. The Morgan fingerprint density at radius 2 is 2.15 bits per heavy atom. The van der Waals surface area contributed by atoms with Gasteiger partial charge in [-0.05, 0) is 43.5 Å². The van der Waals surface area contributed by atoms with Crippen molar-refractivity contribution in [3.63, 3.8) is 0 Å². The van der Waals surface area contributed by atoms with Gasteiger partial charge in [0.05, 0.1) is 18.4 Å². The van der Waals surface area contributed by atoms with E-state index < -0.39 is 17.8 Å². The van der Waals surface area contributed by atoms with Crippen molar-refractivity contribution >= 4 is 17.6 Å². The second kappa shape index (κ2) is 5.94. The van der Waals surface area contributed by atoms with Gasteiger partial charge in [0.1, 0.15) is 5.75 Å².